The lowest BCUT2D eigenvalue weighted by Crippen LogP contribution is -2.16. The Morgan fingerprint density at radius 3 is 2.68 bits per heavy atom. The van der Waals surface area contributed by atoms with Gasteiger partial charge < -0.3 is 19.5 Å². The maximum atomic E-state index is 5.56. The maximum Gasteiger partial charge on any atom is 0.165 e. The zero-order valence-electron chi connectivity index (χ0n) is 12.2. The Labute approximate surface area is 116 Å². The number of methoxy groups -OCH3 is 2. The van der Waals surface area contributed by atoms with Crippen LogP contribution >= 0.6 is 0 Å². The summed E-state index contributed by atoms with van der Waals surface area (Å²) >= 11 is 0. The van der Waals surface area contributed by atoms with Gasteiger partial charge in [0.15, 0.2) is 11.5 Å². The van der Waals surface area contributed by atoms with Crippen LogP contribution in [0.2, 0.25) is 0 Å². The molecule has 0 fully saturated rings. The number of hydrogen-bond donors (Lipinski definition) is 1. The third-order valence-electron chi connectivity index (χ3n) is 2.83. The predicted molar refractivity (Wildman–Crippen MR) is 77.0 cm³/mol. The van der Waals surface area contributed by atoms with Gasteiger partial charge in [-0.3, -0.25) is 0 Å². The Kier molecular flexibility index (Phi) is 8.02. The van der Waals surface area contributed by atoms with Gasteiger partial charge in [-0.25, -0.2) is 0 Å². The lowest BCUT2D eigenvalue weighted by molar-refractivity contribution is 0.192. The molecule has 1 N–H and O–H groups in total. The van der Waals surface area contributed by atoms with Crippen LogP contribution < -0.4 is 14.8 Å². The Bertz CT molecular complexity index is 355. The van der Waals surface area contributed by atoms with Crippen molar-refractivity contribution in [1.82, 2.24) is 5.32 Å². The van der Waals surface area contributed by atoms with E-state index in [2.05, 4.69) is 11.4 Å². The van der Waals surface area contributed by atoms with Crippen LogP contribution in [0.3, 0.4) is 0 Å². The molecule has 0 amide bonds. The van der Waals surface area contributed by atoms with E-state index in [1.807, 2.05) is 19.1 Å². The van der Waals surface area contributed by atoms with Crippen LogP contribution in [0, 0.1) is 0 Å². The van der Waals surface area contributed by atoms with Gasteiger partial charge in [-0.05, 0) is 32.4 Å². The van der Waals surface area contributed by atoms with Crippen molar-refractivity contribution in [3.05, 3.63) is 23.8 Å². The second-order valence-corrected chi connectivity index (χ2v) is 4.26. The molecule has 0 aliphatic heterocycles. The van der Waals surface area contributed by atoms with Crippen LogP contribution in [0.15, 0.2) is 18.2 Å². The van der Waals surface area contributed by atoms with E-state index in [4.69, 9.17) is 14.2 Å². The van der Waals surface area contributed by atoms with Crippen molar-refractivity contribution in [3.63, 3.8) is 0 Å². The fourth-order valence-electron chi connectivity index (χ4n) is 1.92. The molecule has 0 heterocycles. The number of unbranched alkanes of at least 4 members (excludes halogenated alkanes) is 1. The van der Waals surface area contributed by atoms with E-state index in [1.54, 1.807) is 14.2 Å². The minimum Gasteiger partial charge on any atom is -0.493 e. The van der Waals surface area contributed by atoms with Crippen molar-refractivity contribution in [2.75, 3.05) is 34.0 Å². The van der Waals surface area contributed by atoms with E-state index >= 15 is 0 Å². The summed E-state index contributed by atoms with van der Waals surface area (Å²) in [5, 5.41) is 3.41. The highest BCUT2D eigenvalue weighted by Gasteiger charge is 2.09. The number of hydrogen-bond acceptors (Lipinski definition) is 4. The first-order chi connectivity index (χ1) is 9.33. The minimum absolute atomic E-state index is 0.643. The molecule has 0 spiro atoms. The summed E-state index contributed by atoms with van der Waals surface area (Å²) < 4.78 is 16.0. The number of benzene rings is 1. The van der Waals surface area contributed by atoms with Crippen molar-refractivity contribution < 1.29 is 14.2 Å². The van der Waals surface area contributed by atoms with Crippen molar-refractivity contribution >= 4 is 0 Å². The van der Waals surface area contributed by atoms with E-state index in [9.17, 15) is 0 Å². The molecule has 0 radical (unpaired) electrons. The van der Waals surface area contributed by atoms with Gasteiger partial charge in [-0.15, -0.1) is 0 Å². The molecular formula is C15H25NO3. The van der Waals surface area contributed by atoms with Crippen LogP contribution in [0.4, 0.5) is 0 Å². The minimum atomic E-state index is 0.643. The van der Waals surface area contributed by atoms with E-state index in [0.717, 1.165) is 49.6 Å². The van der Waals surface area contributed by atoms with Crippen molar-refractivity contribution in [1.29, 1.82) is 0 Å². The van der Waals surface area contributed by atoms with Gasteiger partial charge in [0.05, 0.1) is 13.7 Å². The highest BCUT2D eigenvalue weighted by Crippen LogP contribution is 2.30. The van der Waals surface area contributed by atoms with E-state index in [-0.39, 0.29) is 0 Å². The Balaban J connectivity index is 2.46. The molecule has 4 heteroatoms. The van der Waals surface area contributed by atoms with E-state index in [0.29, 0.717) is 6.61 Å². The number of nitrogens with one attached hydrogen (secondary N) is 1. The summed E-state index contributed by atoms with van der Waals surface area (Å²) in [6.45, 7) is 5.21. The molecule has 108 valence electrons. The summed E-state index contributed by atoms with van der Waals surface area (Å²) in [5.74, 6) is 1.64. The molecule has 0 aliphatic rings. The smallest absolute Gasteiger partial charge is 0.165 e. The first kappa shape index (κ1) is 15.8. The maximum absolute atomic E-state index is 5.56. The Morgan fingerprint density at radius 2 is 2.00 bits per heavy atom. The molecule has 0 aromatic heterocycles. The van der Waals surface area contributed by atoms with Crippen LogP contribution in [-0.4, -0.2) is 34.0 Å². The monoisotopic (exact) mass is 267 g/mol. The molecule has 0 aliphatic carbocycles. The zero-order chi connectivity index (χ0) is 13.9. The predicted octanol–water partition coefficient (Wildman–Crippen LogP) is 2.61. The van der Waals surface area contributed by atoms with Crippen LogP contribution in [0.1, 0.15) is 25.3 Å². The van der Waals surface area contributed by atoms with Crippen LogP contribution in [-0.2, 0) is 11.3 Å². The average molecular weight is 267 g/mol. The number of ether oxygens (including phenoxy) is 3. The molecule has 0 saturated carbocycles. The lowest BCUT2D eigenvalue weighted by atomic mass is 10.2. The normalized spacial score (nSPS) is 10.5. The van der Waals surface area contributed by atoms with Gasteiger partial charge >= 0.3 is 0 Å². The topological polar surface area (TPSA) is 39.7 Å². The fourth-order valence-corrected chi connectivity index (χ4v) is 1.92. The standard InChI is InChI=1S/C15H25NO3/c1-4-19-14-9-7-8-13(15(14)18-3)12-16-10-5-6-11-17-2/h7-9,16H,4-6,10-12H2,1-3H3. The SMILES string of the molecule is CCOc1cccc(CNCCCCOC)c1OC. The quantitative estimate of drug-likeness (QED) is 0.661. The molecule has 4 nitrogen and oxygen atoms in total. The second-order valence-electron chi connectivity index (χ2n) is 4.26. The van der Waals surface area contributed by atoms with Gasteiger partial charge in [0.25, 0.3) is 0 Å². The molecule has 1 rings (SSSR count). The number of para-hydroxylation sites is 1. The molecule has 0 unspecified atom stereocenters. The fraction of sp³-hybridized carbons (Fsp3) is 0.600. The van der Waals surface area contributed by atoms with Gasteiger partial charge in [-0.1, -0.05) is 12.1 Å². The second kappa shape index (κ2) is 9.64. The highest BCUT2D eigenvalue weighted by atomic mass is 16.5. The van der Waals surface area contributed by atoms with Crippen LogP contribution in [0.25, 0.3) is 0 Å². The summed E-state index contributed by atoms with van der Waals surface area (Å²) in [6, 6.07) is 5.99. The van der Waals surface area contributed by atoms with E-state index in [1.165, 1.54) is 0 Å². The molecule has 1 aromatic carbocycles. The number of rotatable bonds is 10. The van der Waals surface area contributed by atoms with Crippen molar-refractivity contribution in [3.8, 4) is 11.5 Å². The molecule has 0 saturated heterocycles. The highest BCUT2D eigenvalue weighted by molar-refractivity contribution is 5.46. The average Bonchev–Trinajstić information content (AvgIpc) is 2.43. The van der Waals surface area contributed by atoms with Gasteiger partial charge in [0, 0.05) is 25.8 Å². The third-order valence-corrected chi connectivity index (χ3v) is 2.83. The third kappa shape index (κ3) is 5.49. The van der Waals surface area contributed by atoms with E-state index < -0.39 is 0 Å². The van der Waals surface area contributed by atoms with Gasteiger partial charge in [0.1, 0.15) is 0 Å². The first-order valence-electron chi connectivity index (χ1n) is 6.81. The summed E-state index contributed by atoms with van der Waals surface area (Å²) in [5.41, 5.74) is 1.13. The summed E-state index contributed by atoms with van der Waals surface area (Å²) in [6.07, 6.45) is 2.20. The summed E-state index contributed by atoms with van der Waals surface area (Å²) in [7, 11) is 3.41. The molecule has 19 heavy (non-hydrogen) atoms. The van der Waals surface area contributed by atoms with Crippen LogP contribution in [0.5, 0.6) is 11.5 Å². The van der Waals surface area contributed by atoms with Gasteiger partial charge in [-0.2, -0.15) is 0 Å². The van der Waals surface area contributed by atoms with Gasteiger partial charge in [0.2, 0.25) is 0 Å². The molecule has 0 atom stereocenters. The zero-order valence-corrected chi connectivity index (χ0v) is 12.2. The first-order valence-corrected chi connectivity index (χ1v) is 6.81. The van der Waals surface area contributed by atoms with Crippen molar-refractivity contribution in [2.24, 2.45) is 0 Å². The van der Waals surface area contributed by atoms with Crippen molar-refractivity contribution in [2.45, 2.75) is 26.3 Å². The molecule has 0 bridgehead atoms. The summed E-state index contributed by atoms with van der Waals surface area (Å²) in [4.78, 5) is 0. The largest absolute Gasteiger partial charge is 0.493 e. The Morgan fingerprint density at radius 1 is 1.16 bits per heavy atom. The Hall–Kier alpha value is -1.26. The molecular weight excluding hydrogens is 242 g/mol. The lowest BCUT2D eigenvalue weighted by Gasteiger charge is -2.14. The molecule has 1 aromatic rings.